The highest BCUT2D eigenvalue weighted by Crippen LogP contribution is 2.34. The molecular weight excluding hydrogens is 425 g/mol. The third-order valence-corrected chi connectivity index (χ3v) is 5.95. The van der Waals surface area contributed by atoms with E-state index in [-0.39, 0.29) is 6.04 Å². The second kappa shape index (κ2) is 10.7. The number of nitrogens with zero attached hydrogens (tertiary/aromatic N) is 2. The molecule has 0 aliphatic carbocycles. The van der Waals surface area contributed by atoms with Crippen molar-refractivity contribution in [3.63, 3.8) is 0 Å². The number of benzene rings is 3. The summed E-state index contributed by atoms with van der Waals surface area (Å²) >= 11 is 12.3. The average molecular weight is 454 g/mol. The Morgan fingerprint density at radius 2 is 1.52 bits per heavy atom. The Bertz CT molecular complexity index is 1000. The van der Waals surface area contributed by atoms with Crippen LogP contribution in [0.5, 0.6) is 0 Å². The molecule has 3 aromatic carbocycles. The lowest BCUT2D eigenvalue weighted by Crippen LogP contribution is -2.50. The molecule has 1 aliphatic rings. The quantitative estimate of drug-likeness (QED) is 0.335. The summed E-state index contributed by atoms with van der Waals surface area (Å²) in [4.78, 5) is 4.58. The number of aryl methyl sites for hydroxylation is 1. The van der Waals surface area contributed by atoms with Crippen molar-refractivity contribution in [3.8, 4) is 0 Å². The second-order valence-corrected chi connectivity index (χ2v) is 8.23. The Hall–Kier alpha value is -2.49. The molecule has 3 aromatic rings. The van der Waals surface area contributed by atoms with Gasteiger partial charge in [0.15, 0.2) is 0 Å². The van der Waals surface area contributed by atoms with Crippen LogP contribution in [0.1, 0.15) is 36.6 Å². The van der Waals surface area contributed by atoms with E-state index in [2.05, 4.69) is 34.9 Å². The van der Waals surface area contributed by atoms with Crippen molar-refractivity contribution in [2.75, 3.05) is 24.5 Å². The lowest BCUT2D eigenvalue weighted by molar-refractivity contribution is 0.329. The molecule has 0 saturated carbocycles. The van der Waals surface area contributed by atoms with Crippen LogP contribution in [0.4, 0.5) is 5.69 Å². The van der Waals surface area contributed by atoms with E-state index in [0.717, 1.165) is 40.8 Å². The summed E-state index contributed by atoms with van der Waals surface area (Å²) in [6.07, 6.45) is 0. The number of amidine groups is 1. The van der Waals surface area contributed by atoms with Gasteiger partial charge >= 0.3 is 0 Å². The fourth-order valence-corrected chi connectivity index (χ4v) is 4.32. The van der Waals surface area contributed by atoms with Gasteiger partial charge in [-0.2, -0.15) is 0 Å². The van der Waals surface area contributed by atoms with Crippen molar-refractivity contribution in [2.45, 2.75) is 26.8 Å². The molecule has 0 radical (unpaired) electrons. The minimum atomic E-state index is 0.116. The van der Waals surface area contributed by atoms with Gasteiger partial charge < -0.3 is 9.80 Å². The maximum atomic E-state index is 8.72. The number of anilines is 1. The van der Waals surface area contributed by atoms with Gasteiger partial charge in [0.05, 0.1) is 6.04 Å². The van der Waals surface area contributed by atoms with Gasteiger partial charge in [-0.25, -0.2) is 0 Å². The third kappa shape index (κ3) is 5.41. The largest absolute Gasteiger partial charge is 0.361 e. The zero-order valence-corrected chi connectivity index (χ0v) is 19.8. The van der Waals surface area contributed by atoms with Crippen molar-refractivity contribution in [3.05, 3.63) is 99.5 Å². The molecule has 0 spiro atoms. The van der Waals surface area contributed by atoms with Crippen LogP contribution in [0.3, 0.4) is 0 Å². The summed E-state index contributed by atoms with van der Waals surface area (Å²) in [6, 6.07) is 24.1. The summed E-state index contributed by atoms with van der Waals surface area (Å²) in [7, 11) is 0. The standard InChI is InChI=1S/C24H23Cl2N3.C2H6/c1-17-15-21(26)11-12-22(17)29-14-13-28(24(27)19-5-3-2-4-6-19)16-23(29)18-7-9-20(25)10-8-18;1-2/h2-12,15,23,27H,13-14,16H2,1H3;1-2H3. The van der Waals surface area contributed by atoms with Gasteiger partial charge in [0, 0.05) is 40.9 Å². The summed E-state index contributed by atoms with van der Waals surface area (Å²) in [5, 5.41) is 10.2. The van der Waals surface area contributed by atoms with Crippen LogP contribution in [-0.2, 0) is 0 Å². The smallest absolute Gasteiger partial charge is 0.128 e. The first-order valence-electron chi connectivity index (χ1n) is 10.7. The van der Waals surface area contributed by atoms with Crippen LogP contribution in [0.25, 0.3) is 0 Å². The molecule has 1 fully saturated rings. The number of piperazine rings is 1. The molecular formula is C26H29Cl2N3. The Balaban J connectivity index is 0.00000132. The number of hydrogen-bond donors (Lipinski definition) is 1. The minimum absolute atomic E-state index is 0.116. The maximum absolute atomic E-state index is 8.72. The van der Waals surface area contributed by atoms with E-state index in [1.807, 2.05) is 68.4 Å². The molecule has 3 nitrogen and oxygen atoms in total. The molecule has 1 aliphatic heterocycles. The van der Waals surface area contributed by atoms with Crippen LogP contribution < -0.4 is 4.90 Å². The zero-order chi connectivity index (χ0) is 22.4. The Morgan fingerprint density at radius 1 is 0.871 bits per heavy atom. The van der Waals surface area contributed by atoms with Crippen LogP contribution in [-0.4, -0.2) is 30.4 Å². The highest BCUT2D eigenvalue weighted by Gasteiger charge is 2.30. The molecule has 0 aromatic heterocycles. The van der Waals surface area contributed by atoms with Gasteiger partial charge in [-0.3, -0.25) is 5.41 Å². The Morgan fingerprint density at radius 3 is 2.16 bits per heavy atom. The molecule has 1 unspecified atom stereocenters. The molecule has 1 heterocycles. The van der Waals surface area contributed by atoms with Crippen molar-refractivity contribution in [2.24, 2.45) is 0 Å². The van der Waals surface area contributed by atoms with E-state index in [9.17, 15) is 0 Å². The topological polar surface area (TPSA) is 30.3 Å². The van der Waals surface area contributed by atoms with Crippen LogP contribution in [0, 0.1) is 12.3 Å². The van der Waals surface area contributed by atoms with Gasteiger partial charge in [-0.15, -0.1) is 0 Å². The summed E-state index contributed by atoms with van der Waals surface area (Å²) in [6.45, 7) is 8.45. The second-order valence-electron chi connectivity index (χ2n) is 7.35. The molecule has 4 rings (SSSR count). The normalized spacial score (nSPS) is 15.8. The molecule has 1 N–H and O–H groups in total. The van der Waals surface area contributed by atoms with E-state index >= 15 is 0 Å². The minimum Gasteiger partial charge on any atom is -0.361 e. The molecule has 0 amide bonds. The van der Waals surface area contributed by atoms with E-state index in [0.29, 0.717) is 5.84 Å². The van der Waals surface area contributed by atoms with E-state index in [1.54, 1.807) is 0 Å². The molecule has 31 heavy (non-hydrogen) atoms. The summed E-state index contributed by atoms with van der Waals surface area (Å²) in [5.74, 6) is 0.567. The third-order valence-electron chi connectivity index (χ3n) is 5.47. The fraction of sp³-hybridized carbons (Fsp3) is 0.269. The molecule has 1 saturated heterocycles. The molecule has 162 valence electrons. The van der Waals surface area contributed by atoms with Crippen LogP contribution >= 0.6 is 23.2 Å². The van der Waals surface area contributed by atoms with Gasteiger partial charge in [-0.1, -0.05) is 79.5 Å². The van der Waals surface area contributed by atoms with Gasteiger partial charge in [0.1, 0.15) is 5.84 Å². The number of halogens is 2. The van der Waals surface area contributed by atoms with Crippen molar-refractivity contribution >= 4 is 34.7 Å². The van der Waals surface area contributed by atoms with Crippen LogP contribution in [0.2, 0.25) is 10.0 Å². The summed E-state index contributed by atoms with van der Waals surface area (Å²) in [5.41, 5.74) is 4.47. The predicted octanol–water partition coefficient (Wildman–Crippen LogP) is 7.22. The first-order valence-corrected chi connectivity index (χ1v) is 11.5. The fourth-order valence-electron chi connectivity index (χ4n) is 3.96. The SMILES string of the molecule is CC.Cc1cc(Cl)ccc1N1CCN(C(=N)c2ccccc2)CC1c1ccc(Cl)cc1. The maximum Gasteiger partial charge on any atom is 0.128 e. The predicted molar refractivity (Wildman–Crippen MR) is 134 cm³/mol. The number of rotatable bonds is 3. The highest BCUT2D eigenvalue weighted by molar-refractivity contribution is 6.31. The Kier molecular flexibility index (Phi) is 8.00. The van der Waals surface area contributed by atoms with Gasteiger partial charge in [0.25, 0.3) is 0 Å². The number of nitrogens with one attached hydrogen (secondary N) is 1. The van der Waals surface area contributed by atoms with E-state index in [1.165, 1.54) is 11.3 Å². The van der Waals surface area contributed by atoms with Crippen molar-refractivity contribution < 1.29 is 0 Å². The van der Waals surface area contributed by atoms with E-state index in [4.69, 9.17) is 28.6 Å². The van der Waals surface area contributed by atoms with Crippen LogP contribution in [0.15, 0.2) is 72.8 Å². The lowest BCUT2D eigenvalue weighted by atomic mass is 9.99. The summed E-state index contributed by atoms with van der Waals surface area (Å²) < 4.78 is 0. The first-order chi connectivity index (χ1) is 15.0. The van der Waals surface area contributed by atoms with Gasteiger partial charge in [-0.05, 0) is 48.4 Å². The highest BCUT2D eigenvalue weighted by atomic mass is 35.5. The monoisotopic (exact) mass is 453 g/mol. The zero-order valence-electron chi connectivity index (χ0n) is 18.3. The molecule has 5 heteroatoms. The lowest BCUT2D eigenvalue weighted by Gasteiger charge is -2.44. The van der Waals surface area contributed by atoms with Gasteiger partial charge in [0.2, 0.25) is 0 Å². The first kappa shape index (κ1) is 23.2. The van der Waals surface area contributed by atoms with Crippen molar-refractivity contribution in [1.29, 1.82) is 5.41 Å². The Labute approximate surface area is 195 Å². The molecule has 0 bridgehead atoms. The average Bonchev–Trinajstić information content (AvgIpc) is 2.81. The molecule has 1 atom stereocenters. The van der Waals surface area contributed by atoms with Crippen molar-refractivity contribution in [1.82, 2.24) is 4.90 Å². The number of hydrogen-bond acceptors (Lipinski definition) is 2. The van der Waals surface area contributed by atoms with E-state index < -0.39 is 0 Å².